The van der Waals surface area contributed by atoms with E-state index in [0.717, 1.165) is 0 Å². The lowest BCUT2D eigenvalue weighted by molar-refractivity contribution is -0.618. The number of hydrogen-bond acceptors (Lipinski definition) is 6. The predicted molar refractivity (Wildman–Crippen MR) is 63.7 cm³/mol. The van der Waals surface area contributed by atoms with Gasteiger partial charge in [0.1, 0.15) is 6.42 Å². The molecule has 0 aromatic rings. The molecular formula is C10H14N4O5. The van der Waals surface area contributed by atoms with E-state index in [1.165, 1.54) is 6.08 Å². The fourth-order valence-electron chi connectivity index (χ4n) is 2.88. The van der Waals surface area contributed by atoms with E-state index in [1.807, 2.05) is 0 Å². The lowest BCUT2D eigenvalue weighted by atomic mass is 9.74. The number of amides is 1. The highest BCUT2D eigenvalue weighted by Crippen LogP contribution is 2.36. The molecule has 2 fully saturated rings. The van der Waals surface area contributed by atoms with Crippen LogP contribution in [0.25, 0.3) is 0 Å². The normalized spacial score (nSPS) is 34.4. The van der Waals surface area contributed by atoms with Crippen LogP contribution in [0.15, 0.2) is 12.7 Å². The predicted octanol–water partition coefficient (Wildman–Crippen LogP) is -0.961. The van der Waals surface area contributed by atoms with Gasteiger partial charge in [0.15, 0.2) is 0 Å². The van der Waals surface area contributed by atoms with Crippen LogP contribution in [0.3, 0.4) is 0 Å². The molecule has 1 amide bonds. The van der Waals surface area contributed by atoms with Gasteiger partial charge in [0.2, 0.25) is 0 Å². The number of carbonyl (C=O) groups is 1. The molecule has 2 aliphatic heterocycles. The van der Waals surface area contributed by atoms with Crippen LogP contribution in [-0.2, 0) is 4.79 Å². The van der Waals surface area contributed by atoms with Gasteiger partial charge < -0.3 is 5.32 Å². The lowest BCUT2D eigenvalue weighted by Gasteiger charge is -2.45. The average Bonchev–Trinajstić information content (AvgIpc) is 2.34. The van der Waals surface area contributed by atoms with Gasteiger partial charge in [0.25, 0.3) is 11.4 Å². The minimum atomic E-state index is -1.94. The monoisotopic (exact) mass is 270 g/mol. The number of likely N-dealkylation sites (tertiary alicyclic amines) is 1. The molecular weight excluding hydrogens is 256 g/mol. The Morgan fingerprint density at radius 3 is 2.58 bits per heavy atom. The SMILES string of the molecule is C=CCN1CC2([N+](=O)[O-])CNC(=O)C([N+](=O)[O-])(C1)C2. The van der Waals surface area contributed by atoms with Crippen molar-refractivity contribution in [2.24, 2.45) is 0 Å². The van der Waals surface area contributed by atoms with Crippen molar-refractivity contribution in [3.63, 3.8) is 0 Å². The summed E-state index contributed by atoms with van der Waals surface area (Å²) in [7, 11) is 0. The molecule has 0 saturated carbocycles. The quantitative estimate of drug-likeness (QED) is 0.399. The Bertz CT molecular complexity index is 467. The van der Waals surface area contributed by atoms with E-state index in [2.05, 4.69) is 11.9 Å². The number of hydrogen-bond donors (Lipinski definition) is 1. The molecule has 19 heavy (non-hydrogen) atoms. The summed E-state index contributed by atoms with van der Waals surface area (Å²) in [5.41, 5.74) is -3.44. The first-order valence-corrected chi connectivity index (χ1v) is 5.77. The molecule has 0 aromatic heterocycles. The van der Waals surface area contributed by atoms with Gasteiger partial charge in [-0.2, -0.15) is 0 Å². The number of piperidine rings is 2. The first-order chi connectivity index (χ1) is 8.86. The Kier molecular flexibility index (Phi) is 3.01. The van der Waals surface area contributed by atoms with Gasteiger partial charge in [-0.3, -0.25) is 29.9 Å². The third-order valence-corrected chi connectivity index (χ3v) is 3.75. The molecule has 0 spiro atoms. The van der Waals surface area contributed by atoms with Crippen LogP contribution in [0.5, 0.6) is 0 Å². The number of nitrogens with zero attached hydrogens (tertiary/aromatic N) is 3. The zero-order valence-corrected chi connectivity index (χ0v) is 10.2. The first-order valence-electron chi connectivity index (χ1n) is 5.77. The van der Waals surface area contributed by atoms with Gasteiger partial charge in [-0.15, -0.1) is 6.58 Å². The molecule has 0 aliphatic carbocycles. The Morgan fingerprint density at radius 1 is 1.37 bits per heavy atom. The maximum absolute atomic E-state index is 11.9. The summed E-state index contributed by atoms with van der Waals surface area (Å²) in [6.45, 7) is 3.56. The van der Waals surface area contributed by atoms with Crippen molar-refractivity contribution in [2.75, 3.05) is 26.2 Å². The average molecular weight is 270 g/mol. The number of fused-ring (bicyclic) bond motifs is 2. The van der Waals surface area contributed by atoms with Gasteiger partial charge in [-0.05, 0) is 0 Å². The molecule has 2 heterocycles. The minimum absolute atomic E-state index is 0.0713. The molecule has 9 nitrogen and oxygen atoms in total. The van der Waals surface area contributed by atoms with Crippen LogP contribution >= 0.6 is 0 Å². The Morgan fingerprint density at radius 2 is 2.05 bits per heavy atom. The lowest BCUT2D eigenvalue weighted by Crippen LogP contribution is -2.76. The topological polar surface area (TPSA) is 119 Å². The van der Waals surface area contributed by atoms with Crippen molar-refractivity contribution in [1.29, 1.82) is 0 Å². The fourth-order valence-corrected chi connectivity index (χ4v) is 2.88. The molecule has 1 N–H and O–H groups in total. The largest absolute Gasteiger partial charge is 0.343 e. The van der Waals surface area contributed by atoms with E-state index in [4.69, 9.17) is 0 Å². The second kappa shape index (κ2) is 4.26. The molecule has 104 valence electrons. The van der Waals surface area contributed by atoms with Gasteiger partial charge >= 0.3 is 5.54 Å². The summed E-state index contributed by atoms with van der Waals surface area (Å²) in [6, 6.07) is 0. The van der Waals surface area contributed by atoms with Crippen LogP contribution in [-0.4, -0.2) is 57.9 Å². The summed E-state index contributed by atoms with van der Waals surface area (Å²) in [4.78, 5) is 34.8. The highest BCUT2D eigenvalue weighted by Gasteiger charge is 2.68. The number of nitrogens with one attached hydrogen (secondary N) is 1. The molecule has 2 rings (SSSR count). The highest BCUT2D eigenvalue weighted by molar-refractivity contribution is 5.86. The van der Waals surface area contributed by atoms with Crippen molar-refractivity contribution in [2.45, 2.75) is 17.5 Å². The van der Waals surface area contributed by atoms with E-state index in [0.29, 0.717) is 0 Å². The second-order valence-electron chi connectivity index (χ2n) is 5.09. The molecule has 2 bridgehead atoms. The molecule has 2 atom stereocenters. The summed E-state index contributed by atoms with van der Waals surface area (Å²) in [6.07, 6.45) is 1.15. The highest BCUT2D eigenvalue weighted by atomic mass is 16.6. The van der Waals surface area contributed by atoms with Crippen LogP contribution in [0, 0.1) is 20.2 Å². The summed E-state index contributed by atoms with van der Waals surface area (Å²) in [5, 5.41) is 24.9. The van der Waals surface area contributed by atoms with Gasteiger partial charge in [-0.25, -0.2) is 0 Å². The third-order valence-electron chi connectivity index (χ3n) is 3.75. The van der Waals surface area contributed by atoms with Crippen molar-refractivity contribution < 1.29 is 14.6 Å². The minimum Gasteiger partial charge on any atom is -0.343 e. The third kappa shape index (κ3) is 1.86. The van der Waals surface area contributed by atoms with E-state index in [-0.39, 0.29) is 32.6 Å². The number of carbonyl (C=O) groups excluding carboxylic acids is 1. The molecule has 0 aromatic carbocycles. The van der Waals surface area contributed by atoms with E-state index in [9.17, 15) is 25.0 Å². The standard InChI is InChI=1S/C10H14N4O5/c1-2-3-12-6-9(13(16)17)4-10(7-12,14(18)19)8(15)11-5-9/h2H,1,3-7H2,(H,11,15). The van der Waals surface area contributed by atoms with Gasteiger partial charge in [0.05, 0.1) is 19.6 Å². The van der Waals surface area contributed by atoms with Crippen LogP contribution in [0.4, 0.5) is 0 Å². The van der Waals surface area contributed by atoms with Gasteiger partial charge in [-0.1, -0.05) is 6.08 Å². The Labute approximate surface area is 108 Å². The van der Waals surface area contributed by atoms with E-state index in [1.54, 1.807) is 4.90 Å². The summed E-state index contributed by atoms with van der Waals surface area (Å²) < 4.78 is 0. The molecule has 0 radical (unpaired) electrons. The van der Waals surface area contributed by atoms with Crippen molar-refractivity contribution >= 4 is 5.91 Å². The molecule has 2 aliphatic rings. The number of nitro groups is 2. The van der Waals surface area contributed by atoms with E-state index >= 15 is 0 Å². The zero-order valence-electron chi connectivity index (χ0n) is 10.2. The molecule has 2 unspecified atom stereocenters. The van der Waals surface area contributed by atoms with Crippen molar-refractivity contribution in [3.05, 3.63) is 32.9 Å². The summed E-state index contributed by atoms with van der Waals surface area (Å²) in [5.74, 6) is -0.747. The Balaban J connectivity index is 2.45. The van der Waals surface area contributed by atoms with Crippen LogP contribution in [0.1, 0.15) is 6.42 Å². The molecule has 2 saturated heterocycles. The van der Waals surface area contributed by atoms with Crippen LogP contribution < -0.4 is 5.32 Å². The van der Waals surface area contributed by atoms with Crippen molar-refractivity contribution in [3.8, 4) is 0 Å². The first kappa shape index (κ1) is 13.4. The second-order valence-corrected chi connectivity index (χ2v) is 5.09. The zero-order chi connectivity index (χ0) is 14.3. The Hall–Kier alpha value is -2.03. The number of rotatable bonds is 4. The van der Waals surface area contributed by atoms with Gasteiger partial charge in [0, 0.05) is 16.4 Å². The van der Waals surface area contributed by atoms with E-state index < -0.39 is 26.8 Å². The maximum atomic E-state index is 11.9. The smallest absolute Gasteiger partial charge is 0.317 e. The summed E-state index contributed by atoms with van der Waals surface area (Å²) >= 11 is 0. The fraction of sp³-hybridized carbons (Fsp3) is 0.700. The van der Waals surface area contributed by atoms with Crippen molar-refractivity contribution in [1.82, 2.24) is 10.2 Å². The molecule has 9 heteroatoms. The maximum Gasteiger partial charge on any atom is 0.317 e. The van der Waals surface area contributed by atoms with Crippen LogP contribution in [0.2, 0.25) is 0 Å².